The lowest BCUT2D eigenvalue weighted by molar-refractivity contribution is 0.0434. The van der Waals surface area contributed by atoms with Crippen LogP contribution in [0.15, 0.2) is 59.5 Å². The molecule has 1 aliphatic carbocycles. The number of thioether (sulfide) groups is 1. The summed E-state index contributed by atoms with van der Waals surface area (Å²) in [6.45, 7) is 2.82. The van der Waals surface area contributed by atoms with E-state index in [1.807, 2.05) is 30.5 Å². The third-order valence-electron chi connectivity index (χ3n) is 5.49. The van der Waals surface area contributed by atoms with Gasteiger partial charge >= 0.3 is 0 Å². The van der Waals surface area contributed by atoms with Gasteiger partial charge in [-0.15, -0.1) is 11.8 Å². The molecule has 0 bridgehead atoms. The second-order valence-electron chi connectivity index (χ2n) is 7.27. The van der Waals surface area contributed by atoms with Gasteiger partial charge in [0.25, 0.3) is 5.91 Å². The van der Waals surface area contributed by atoms with E-state index < -0.39 is 0 Å². The van der Waals surface area contributed by atoms with E-state index in [0.29, 0.717) is 0 Å². The summed E-state index contributed by atoms with van der Waals surface area (Å²) in [6.07, 6.45) is 5.61. The zero-order valence-electron chi connectivity index (χ0n) is 15.3. The molecule has 2 aromatic rings. The maximum absolute atomic E-state index is 13.4. The van der Waals surface area contributed by atoms with Crippen molar-refractivity contribution in [2.75, 3.05) is 25.9 Å². The smallest absolute Gasteiger partial charge is 0.255 e. The van der Waals surface area contributed by atoms with Crippen LogP contribution in [-0.4, -0.2) is 53.7 Å². The fourth-order valence-corrected chi connectivity index (χ4v) is 4.54. The zero-order chi connectivity index (χ0) is 17.9. The Labute approximate surface area is 160 Å². The lowest BCUT2D eigenvalue weighted by Gasteiger charge is -2.42. The minimum Gasteiger partial charge on any atom is -0.333 e. The Morgan fingerprint density at radius 3 is 2.50 bits per heavy atom. The molecule has 1 saturated heterocycles. The minimum absolute atomic E-state index is 0.186. The van der Waals surface area contributed by atoms with Crippen molar-refractivity contribution in [2.24, 2.45) is 0 Å². The Kier molecular flexibility index (Phi) is 5.32. The zero-order valence-corrected chi connectivity index (χ0v) is 16.1. The first-order valence-electron chi connectivity index (χ1n) is 9.48. The van der Waals surface area contributed by atoms with Crippen LogP contribution in [0.5, 0.6) is 0 Å². The van der Waals surface area contributed by atoms with Crippen LogP contribution >= 0.6 is 11.8 Å². The topological polar surface area (TPSA) is 23.6 Å². The lowest BCUT2D eigenvalue weighted by Crippen LogP contribution is -2.56. The summed E-state index contributed by atoms with van der Waals surface area (Å²) in [7, 11) is 0. The van der Waals surface area contributed by atoms with Gasteiger partial charge in [-0.05, 0) is 43.2 Å². The largest absolute Gasteiger partial charge is 0.333 e. The van der Waals surface area contributed by atoms with Crippen LogP contribution in [0.4, 0.5) is 0 Å². The SMILES string of the molecule is CSc1ccccc1C(=O)N1CCN(C2CC2)CC1Cc1ccccc1. The summed E-state index contributed by atoms with van der Waals surface area (Å²) >= 11 is 1.65. The summed E-state index contributed by atoms with van der Waals surface area (Å²) in [5.41, 5.74) is 2.16. The van der Waals surface area contributed by atoms with Crippen LogP contribution in [0.1, 0.15) is 28.8 Å². The highest BCUT2D eigenvalue weighted by molar-refractivity contribution is 7.98. The Bertz CT molecular complexity index is 760. The van der Waals surface area contributed by atoms with Gasteiger partial charge in [0.2, 0.25) is 0 Å². The second kappa shape index (κ2) is 7.85. The predicted molar refractivity (Wildman–Crippen MR) is 108 cm³/mol. The minimum atomic E-state index is 0.186. The Morgan fingerprint density at radius 1 is 1.04 bits per heavy atom. The van der Waals surface area contributed by atoms with Crippen LogP contribution in [0.25, 0.3) is 0 Å². The van der Waals surface area contributed by atoms with Crippen LogP contribution < -0.4 is 0 Å². The molecular weight excluding hydrogens is 340 g/mol. The van der Waals surface area contributed by atoms with Gasteiger partial charge < -0.3 is 4.90 Å². The first-order chi connectivity index (χ1) is 12.8. The number of rotatable bonds is 5. The molecule has 0 N–H and O–H groups in total. The lowest BCUT2D eigenvalue weighted by atomic mass is 10.0. The summed E-state index contributed by atoms with van der Waals surface area (Å²) in [5.74, 6) is 0.186. The predicted octanol–water partition coefficient (Wildman–Crippen LogP) is 3.94. The van der Waals surface area contributed by atoms with Crippen molar-refractivity contribution in [3.63, 3.8) is 0 Å². The molecule has 1 heterocycles. The van der Waals surface area contributed by atoms with Crippen LogP contribution in [-0.2, 0) is 6.42 Å². The van der Waals surface area contributed by atoms with Crippen molar-refractivity contribution in [2.45, 2.75) is 36.2 Å². The highest BCUT2D eigenvalue weighted by Crippen LogP contribution is 2.31. The fourth-order valence-electron chi connectivity index (χ4n) is 3.95. The Balaban J connectivity index is 1.58. The molecule has 1 unspecified atom stereocenters. The highest BCUT2D eigenvalue weighted by atomic mass is 32.2. The van der Waals surface area contributed by atoms with Crippen LogP contribution in [0, 0.1) is 0 Å². The molecule has 136 valence electrons. The number of carbonyl (C=O) groups is 1. The Morgan fingerprint density at radius 2 is 1.77 bits per heavy atom. The van der Waals surface area contributed by atoms with Gasteiger partial charge in [-0.3, -0.25) is 9.69 Å². The maximum atomic E-state index is 13.4. The van der Waals surface area contributed by atoms with Crippen molar-refractivity contribution >= 4 is 17.7 Å². The molecule has 1 aliphatic heterocycles. The number of benzene rings is 2. The van der Waals surface area contributed by atoms with Crippen molar-refractivity contribution < 1.29 is 4.79 Å². The highest BCUT2D eigenvalue weighted by Gasteiger charge is 2.37. The standard InChI is InChI=1S/C22H26N2OS/c1-26-21-10-6-5-9-20(21)22(25)24-14-13-23(18-11-12-18)16-19(24)15-17-7-3-2-4-8-17/h2-10,18-19H,11-16H2,1H3. The average Bonchev–Trinajstić information content (AvgIpc) is 3.53. The molecule has 26 heavy (non-hydrogen) atoms. The molecule has 2 aromatic carbocycles. The molecule has 0 spiro atoms. The quantitative estimate of drug-likeness (QED) is 0.749. The molecule has 1 atom stereocenters. The third-order valence-corrected chi connectivity index (χ3v) is 6.29. The molecule has 3 nitrogen and oxygen atoms in total. The second-order valence-corrected chi connectivity index (χ2v) is 8.12. The van der Waals surface area contributed by atoms with E-state index in [-0.39, 0.29) is 11.9 Å². The number of amides is 1. The normalized spacial score (nSPS) is 21.0. The number of nitrogens with zero attached hydrogens (tertiary/aromatic N) is 2. The van der Waals surface area contributed by atoms with Crippen molar-refractivity contribution in [3.8, 4) is 0 Å². The third kappa shape index (κ3) is 3.81. The fraction of sp³-hybridized carbons (Fsp3) is 0.409. The first kappa shape index (κ1) is 17.6. The Hall–Kier alpha value is -1.78. The summed E-state index contributed by atoms with van der Waals surface area (Å²) in [5, 5.41) is 0. The van der Waals surface area contributed by atoms with E-state index >= 15 is 0 Å². The number of carbonyl (C=O) groups excluding carboxylic acids is 1. The molecule has 1 amide bonds. The van der Waals surface area contributed by atoms with E-state index in [1.54, 1.807) is 11.8 Å². The van der Waals surface area contributed by atoms with E-state index in [9.17, 15) is 4.79 Å². The van der Waals surface area contributed by atoms with Crippen molar-refractivity contribution in [1.82, 2.24) is 9.80 Å². The van der Waals surface area contributed by atoms with E-state index in [2.05, 4.69) is 40.1 Å². The molecular formula is C22H26N2OS. The van der Waals surface area contributed by atoms with Gasteiger partial charge in [0, 0.05) is 36.6 Å². The molecule has 2 fully saturated rings. The van der Waals surface area contributed by atoms with Gasteiger partial charge in [0.05, 0.1) is 5.56 Å². The number of hydrogen-bond acceptors (Lipinski definition) is 3. The number of hydrogen-bond donors (Lipinski definition) is 0. The molecule has 4 heteroatoms. The monoisotopic (exact) mass is 366 g/mol. The average molecular weight is 367 g/mol. The van der Waals surface area contributed by atoms with Gasteiger partial charge in [0.1, 0.15) is 0 Å². The molecule has 0 radical (unpaired) electrons. The summed E-state index contributed by atoms with van der Waals surface area (Å²) in [4.78, 5) is 19.2. The number of piperazine rings is 1. The van der Waals surface area contributed by atoms with Crippen molar-refractivity contribution in [1.29, 1.82) is 0 Å². The van der Waals surface area contributed by atoms with Crippen molar-refractivity contribution in [3.05, 3.63) is 65.7 Å². The van der Waals surface area contributed by atoms with E-state index in [0.717, 1.165) is 42.6 Å². The van der Waals surface area contributed by atoms with E-state index in [1.165, 1.54) is 18.4 Å². The molecule has 1 saturated carbocycles. The molecule has 0 aromatic heterocycles. The maximum Gasteiger partial charge on any atom is 0.255 e. The van der Waals surface area contributed by atoms with Gasteiger partial charge in [-0.2, -0.15) is 0 Å². The molecule has 2 aliphatic rings. The summed E-state index contributed by atoms with van der Waals surface area (Å²) < 4.78 is 0. The van der Waals surface area contributed by atoms with Crippen LogP contribution in [0.3, 0.4) is 0 Å². The summed E-state index contributed by atoms with van der Waals surface area (Å²) in [6, 6.07) is 19.6. The van der Waals surface area contributed by atoms with Gasteiger partial charge in [0.15, 0.2) is 0 Å². The van der Waals surface area contributed by atoms with E-state index in [4.69, 9.17) is 0 Å². The van der Waals surface area contributed by atoms with Crippen LogP contribution in [0.2, 0.25) is 0 Å². The van der Waals surface area contributed by atoms with Gasteiger partial charge in [-0.25, -0.2) is 0 Å². The van der Waals surface area contributed by atoms with Gasteiger partial charge in [-0.1, -0.05) is 42.5 Å². The first-order valence-corrected chi connectivity index (χ1v) is 10.7. The molecule has 4 rings (SSSR count).